The quantitative estimate of drug-likeness (QED) is 0.296. The normalized spacial score (nSPS) is 18.4. The molecule has 0 bridgehead atoms. The van der Waals surface area contributed by atoms with Crippen LogP contribution in [0.3, 0.4) is 0 Å². The van der Waals surface area contributed by atoms with Crippen molar-refractivity contribution in [3.8, 4) is 0 Å². The summed E-state index contributed by atoms with van der Waals surface area (Å²) in [6, 6.07) is 3.10. The standard InChI is InChI=1S/C30H41F2N5O4/c1-5-8-37(9-6-2)28(39)21-10-19(4)15-30(16-21,29(33)40)24(13-20-11-22(31)14-23(32)12-20)25(38)17-34-18-27-36-35-26(7-3)41-27/h10-12,14-15,24-25,34,38H,5-9,13,16-18H2,1-4H3,(H2,33,40)/t24-,25+,30?/m1/s1. The van der Waals surface area contributed by atoms with Gasteiger partial charge in [0.25, 0.3) is 0 Å². The molecule has 0 fully saturated rings. The summed E-state index contributed by atoms with van der Waals surface area (Å²) in [5.41, 5.74) is 5.85. The van der Waals surface area contributed by atoms with Gasteiger partial charge in [0, 0.05) is 43.6 Å². The second-order valence-corrected chi connectivity index (χ2v) is 10.7. The summed E-state index contributed by atoms with van der Waals surface area (Å²) in [6.07, 6.45) is 4.21. The number of nitrogens with zero attached hydrogens (tertiary/aromatic N) is 3. The Hall–Kier alpha value is -3.44. The van der Waals surface area contributed by atoms with Crippen LogP contribution in [0, 0.1) is 23.0 Å². The highest BCUT2D eigenvalue weighted by atomic mass is 19.1. The molecule has 3 atom stereocenters. The molecule has 1 aliphatic rings. The number of carbonyl (C=O) groups is 2. The van der Waals surface area contributed by atoms with Gasteiger partial charge in [-0.2, -0.15) is 0 Å². The third-order valence-corrected chi connectivity index (χ3v) is 7.32. The van der Waals surface area contributed by atoms with E-state index in [9.17, 15) is 23.5 Å². The lowest BCUT2D eigenvalue weighted by molar-refractivity contribution is -0.132. The molecular weight excluding hydrogens is 532 g/mol. The van der Waals surface area contributed by atoms with Crippen molar-refractivity contribution in [1.29, 1.82) is 0 Å². The Morgan fingerprint density at radius 3 is 2.32 bits per heavy atom. The van der Waals surface area contributed by atoms with Crippen LogP contribution in [0.5, 0.6) is 0 Å². The van der Waals surface area contributed by atoms with Gasteiger partial charge in [0.2, 0.25) is 23.6 Å². The molecule has 3 rings (SSSR count). The fourth-order valence-electron chi connectivity index (χ4n) is 5.53. The van der Waals surface area contributed by atoms with Crippen molar-refractivity contribution >= 4 is 11.8 Å². The third-order valence-electron chi connectivity index (χ3n) is 7.32. The smallest absolute Gasteiger partial charge is 0.249 e. The maximum absolute atomic E-state index is 14.2. The fraction of sp³-hybridized carbons (Fsp3) is 0.533. The van der Waals surface area contributed by atoms with Crippen LogP contribution in [0.2, 0.25) is 0 Å². The number of allylic oxidation sites excluding steroid dienone is 2. The number of aliphatic hydroxyl groups is 1. The van der Waals surface area contributed by atoms with Gasteiger partial charge in [0.15, 0.2) is 0 Å². The summed E-state index contributed by atoms with van der Waals surface area (Å²) in [4.78, 5) is 28.7. The second kappa shape index (κ2) is 14.5. The molecule has 1 aromatic heterocycles. The van der Waals surface area contributed by atoms with E-state index in [0.717, 1.165) is 18.9 Å². The molecule has 9 nitrogen and oxygen atoms in total. The van der Waals surface area contributed by atoms with Crippen molar-refractivity contribution in [3.05, 3.63) is 70.5 Å². The molecule has 11 heteroatoms. The van der Waals surface area contributed by atoms with E-state index >= 15 is 0 Å². The Kier molecular flexibility index (Phi) is 11.3. The Labute approximate surface area is 239 Å². The Morgan fingerprint density at radius 2 is 1.76 bits per heavy atom. The lowest BCUT2D eigenvalue weighted by Gasteiger charge is -2.42. The first kappa shape index (κ1) is 32.1. The summed E-state index contributed by atoms with van der Waals surface area (Å²) in [5, 5.41) is 22.5. The number of nitrogens with two attached hydrogens (primary N) is 1. The Bertz CT molecular complexity index is 1250. The minimum Gasteiger partial charge on any atom is -0.424 e. The van der Waals surface area contributed by atoms with E-state index in [1.54, 1.807) is 24.0 Å². The number of carbonyl (C=O) groups excluding carboxylic acids is 2. The molecule has 4 N–H and O–H groups in total. The zero-order valence-corrected chi connectivity index (χ0v) is 24.3. The number of halogens is 2. The first-order chi connectivity index (χ1) is 19.5. The Morgan fingerprint density at radius 1 is 1.12 bits per heavy atom. The molecule has 0 radical (unpaired) electrons. The first-order valence-corrected chi connectivity index (χ1v) is 14.2. The number of primary amides is 1. The van der Waals surface area contributed by atoms with Crippen LogP contribution < -0.4 is 11.1 Å². The monoisotopic (exact) mass is 573 g/mol. The summed E-state index contributed by atoms with van der Waals surface area (Å²) in [6.45, 7) is 8.88. The van der Waals surface area contributed by atoms with Gasteiger partial charge in [-0.3, -0.25) is 9.59 Å². The number of aliphatic hydroxyl groups excluding tert-OH is 1. The summed E-state index contributed by atoms with van der Waals surface area (Å²) < 4.78 is 33.8. The van der Waals surface area contributed by atoms with E-state index in [1.807, 2.05) is 20.8 Å². The van der Waals surface area contributed by atoms with E-state index in [4.69, 9.17) is 10.2 Å². The predicted octanol–water partition coefficient (Wildman–Crippen LogP) is 3.62. The molecule has 1 aromatic carbocycles. The van der Waals surface area contributed by atoms with E-state index in [0.29, 0.717) is 42.4 Å². The van der Waals surface area contributed by atoms with Crippen LogP contribution in [0.25, 0.3) is 0 Å². The van der Waals surface area contributed by atoms with Crippen molar-refractivity contribution in [2.75, 3.05) is 19.6 Å². The molecule has 1 aliphatic carbocycles. The molecule has 2 amide bonds. The number of aromatic nitrogens is 2. The molecular formula is C30H41F2N5O4. The summed E-state index contributed by atoms with van der Waals surface area (Å²) in [7, 11) is 0. The molecule has 0 aliphatic heterocycles. The third kappa shape index (κ3) is 8.07. The van der Waals surface area contributed by atoms with Crippen LogP contribution in [-0.4, -0.2) is 57.8 Å². The fourth-order valence-corrected chi connectivity index (χ4v) is 5.53. The van der Waals surface area contributed by atoms with Crippen molar-refractivity contribution in [2.45, 2.75) is 72.4 Å². The van der Waals surface area contributed by atoms with Crippen molar-refractivity contribution in [2.24, 2.45) is 17.1 Å². The highest BCUT2D eigenvalue weighted by molar-refractivity contribution is 5.96. The van der Waals surface area contributed by atoms with Gasteiger partial charge < -0.3 is 25.5 Å². The lowest BCUT2D eigenvalue weighted by Crippen LogP contribution is -2.51. The predicted molar refractivity (Wildman–Crippen MR) is 150 cm³/mol. The van der Waals surface area contributed by atoms with Gasteiger partial charge >= 0.3 is 0 Å². The average molecular weight is 574 g/mol. The molecule has 0 saturated carbocycles. The van der Waals surface area contributed by atoms with Gasteiger partial charge in [-0.05, 0) is 50.3 Å². The minimum atomic E-state index is -1.50. The van der Waals surface area contributed by atoms with E-state index in [-0.39, 0.29) is 37.4 Å². The van der Waals surface area contributed by atoms with Crippen molar-refractivity contribution in [3.63, 3.8) is 0 Å². The maximum atomic E-state index is 14.2. The van der Waals surface area contributed by atoms with E-state index in [1.165, 1.54) is 12.1 Å². The number of hydrogen-bond acceptors (Lipinski definition) is 7. The zero-order chi connectivity index (χ0) is 30.2. The van der Waals surface area contributed by atoms with Gasteiger partial charge in [-0.1, -0.05) is 38.5 Å². The SMILES string of the molecule is CCCN(CCC)C(=O)C1=CC(C)=CC(C(N)=O)([C@H](Cc2cc(F)cc(F)c2)[C@@H](O)CNCc2nnc(CC)o2)C1. The van der Waals surface area contributed by atoms with Crippen LogP contribution in [0.4, 0.5) is 8.78 Å². The number of amides is 2. The molecule has 0 saturated heterocycles. The number of nitrogens with one attached hydrogen (secondary N) is 1. The topological polar surface area (TPSA) is 135 Å². The molecule has 1 heterocycles. The van der Waals surface area contributed by atoms with Crippen LogP contribution >= 0.6 is 0 Å². The van der Waals surface area contributed by atoms with E-state index < -0.39 is 35.0 Å². The average Bonchev–Trinajstić information content (AvgIpc) is 3.38. The Balaban J connectivity index is 1.97. The molecule has 224 valence electrons. The number of hydrogen-bond donors (Lipinski definition) is 3. The lowest BCUT2D eigenvalue weighted by atomic mass is 9.63. The van der Waals surface area contributed by atoms with Crippen LogP contribution in [0.1, 0.15) is 64.3 Å². The van der Waals surface area contributed by atoms with E-state index in [2.05, 4.69) is 15.5 Å². The molecule has 41 heavy (non-hydrogen) atoms. The van der Waals surface area contributed by atoms with Gasteiger partial charge in [-0.25, -0.2) is 8.78 Å². The van der Waals surface area contributed by atoms with Crippen LogP contribution in [0.15, 0.2) is 45.9 Å². The zero-order valence-electron chi connectivity index (χ0n) is 24.3. The number of rotatable bonds is 15. The highest BCUT2D eigenvalue weighted by Gasteiger charge is 2.48. The molecule has 2 aromatic rings. The van der Waals surface area contributed by atoms with Gasteiger partial charge in [0.05, 0.1) is 18.1 Å². The first-order valence-electron chi connectivity index (χ1n) is 14.2. The number of benzene rings is 1. The van der Waals surface area contributed by atoms with Crippen molar-refractivity contribution in [1.82, 2.24) is 20.4 Å². The summed E-state index contributed by atoms with van der Waals surface area (Å²) in [5.74, 6) is -2.60. The second-order valence-electron chi connectivity index (χ2n) is 10.7. The van der Waals surface area contributed by atoms with Gasteiger partial charge in [0.1, 0.15) is 11.6 Å². The maximum Gasteiger partial charge on any atom is 0.249 e. The van der Waals surface area contributed by atoms with Gasteiger partial charge in [-0.15, -0.1) is 10.2 Å². The highest BCUT2D eigenvalue weighted by Crippen LogP contribution is 2.44. The summed E-state index contributed by atoms with van der Waals surface area (Å²) >= 11 is 0. The number of aryl methyl sites for hydroxylation is 1. The van der Waals surface area contributed by atoms with Crippen LogP contribution in [-0.2, 0) is 29.0 Å². The minimum absolute atomic E-state index is 0.0149. The largest absolute Gasteiger partial charge is 0.424 e. The molecule has 1 unspecified atom stereocenters. The van der Waals surface area contributed by atoms with Crippen molar-refractivity contribution < 1.29 is 27.9 Å². The molecule has 0 spiro atoms.